The van der Waals surface area contributed by atoms with E-state index in [9.17, 15) is 4.39 Å². The normalized spacial score (nSPS) is 11.2. The number of pyridine rings is 1. The number of aromatic nitrogens is 3. The fourth-order valence-corrected chi connectivity index (χ4v) is 3.87. The maximum absolute atomic E-state index is 13.8. The Balaban J connectivity index is 1.71. The van der Waals surface area contributed by atoms with Gasteiger partial charge in [-0.3, -0.25) is 0 Å². The summed E-state index contributed by atoms with van der Waals surface area (Å²) in [4.78, 5) is 0. The summed E-state index contributed by atoms with van der Waals surface area (Å²) in [7, 11) is 3.28. The Hall–Kier alpha value is -3.93. The Bertz CT molecular complexity index is 1350. The molecular formula is C25H20FN3O2. The van der Waals surface area contributed by atoms with Crippen LogP contribution in [0.4, 0.5) is 4.39 Å². The number of ether oxygens (including phenoxy) is 2. The van der Waals surface area contributed by atoms with Crippen LogP contribution in [0.3, 0.4) is 0 Å². The molecule has 154 valence electrons. The largest absolute Gasteiger partial charge is 0.497 e. The van der Waals surface area contributed by atoms with Crippen LogP contribution in [0.5, 0.6) is 11.5 Å². The summed E-state index contributed by atoms with van der Waals surface area (Å²) >= 11 is 0. The molecule has 2 aliphatic rings. The van der Waals surface area contributed by atoms with E-state index in [4.69, 9.17) is 9.47 Å². The molecule has 0 unspecified atom stereocenters. The standard InChI is InChI=1S/C25H20FN3O2/c1-30-19-8-6-17(7-9-19)24-22-15-29(14-16-4-3-5-18(26)12-16)23-11-10-20(31-2)13-21(23)25(22)28-27-24/h3-13,15H,14H2,1-2H3. The number of hydrogen-bond acceptors (Lipinski definition) is 4. The van der Waals surface area contributed by atoms with Crippen LogP contribution in [0.2, 0.25) is 0 Å². The molecule has 0 bridgehead atoms. The summed E-state index contributed by atoms with van der Waals surface area (Å²) in [5.41, 5.74) is 5.30. The van der Waals surface area contributed by atoms with Gasteiger partial charge in [0, 0.05) is 29.3 Å². The van der Waals surface area contributed by atoms with E-state index in [0.29, 0.717) is 6.54 Å². The molecule has 0 saturated carbocycles. The number of methoxy groups -OCH3 is 2. The van der Waals surface area contributed by atoms with Gasteiger partial charge in [-0.25, -0.2) is 4.39 Å². The van der Waals surface area contributed by atoms with Crippen molar-refractivity contribution >= 4 is 10.9 Å². The first-order chi connectivity index (χ1) is 15.2. The van der Waals surface area contributed by atoms with Crippen molar-refractivity contribution in [1.29, 1.82) is 0 Å². The minimum atomic E-state index is -0.249. The lowest BCUT2D eigenvalue weighted by Crippen LogP contribution is -2.04. The Labute approximate surface area is 179 Å². The van der Waals surface area contributed by atoms with Crippen molar-refractivity contribution in [2.24, 2.45) is 0 Å². The average Bonchev–Trinajstić information content (AvgIpc) is 3.23. The summed E-state index contributed by atoms with van der Waals surface area (Å²) in [5, 5.41) is 9.91. The molecule has 6 heteroatoms. The van der Waals surface area contributed by atoms with Crippen LogP contribution in [-0.4, -0.2) is 29.0 Å². The zero-order chi connectivity index (χ0) is 21.4. The van der Waals surface area contributed by atoms with E-state index in [0.717, 1.165) is 50.5 Å². The molecule has 0 radical (unpaired) electrons. The number of nitrogens with zero attached hydrogens (tertiary/aromatic N) is 3. The zero-order valence-electron chi connectivity index (χ0n) is 17.2. The van der Waals surface area contributed by atoms with Gasteiger partial charge in [-0.15, -0.1) is 10.2 Å². The van der Waals surface area contributed by atoms with Gasteiger partial charge in [-0.1, -0.05) is 12.1 Å². The van der Waals surface area contributed by atoms with Gasteiger partial charge >= 0.3 is 0 Å². The van der Waals surface area contributed by atoms with Gasteiger partial charge in [-0.2, -0.15) is 0 Å². The molecule has 0 amide bonds. The van der Waals surface area contributed by atoms with E-state index < -0.39 is 0 Å². The molecule has 3 aromatic rings. The molecule has 0 saturated heterocycles. The van der Waals surface area contributed by atoms with Crippen LogP contribution >= 0.6 is 0 Å². The molecule has 3 aromatic carbocycles. The van der Waals surface area contributed by atoms with Crippen molar-refractivity contribution in [2.75, 3.05) is 14.2 Å². The van der Waals surface area contributed by atoms with Crippen LogP contribution in [-0.2, 0) is 6.54 Å². The van der Waals surface area contributed by atoms with E-state index in [1.54, 1.807) is 26.4 Å². The molecule has 0 spiro atoms. The third-order valence-corrected chi connectivity index (χ3v) is 5.42. The minimum Gasteiger partial charge on any atom is -0.497 e. The molecule has 31 heavy (non-hydrogen) atoms. The van der Waals surface area contributed by atoms with Gasteiger partial charge in [-0.05, 0) is 60.2 Å². The smallest absolute Gasteiger partial charge is 0.123 e. The topological polar surface area (TPSA) is 49.2 Å². The predicted octanol–water partition coefficient (Wildman–Crippen LogP) is 5.41. The van der Waals surface area contributed by atoms with Gasteiger partial charge in [0.1, 0.15) is 28.7 Å². The summed E-state index contributed by atoms with van der Waals surface area (Å²) in [5.74, 6) is 1.27. The van der Waals surface area contributed by atoms with Crippen molar-refractivity contribution in [3.63, 3.8) is 0 Å². The lowest BCUT2D eigenvalue weighted by Gasteiger charge is -2.16. The lowest BCUT2D eigenvalue weighted by molar-refractivity contribution is 0.415. The minimum absolute atomic E-state index is 0.249. The molecular weight excluding hydrogens is 393 g/mol. The molecule has 0 N–H and O–H groups in total. The first-order valence-corrected chi connectivity index (χ1v) is 9.88. The third-order valence-electron chi connectivity index (χ3n) is 5.42. The first-order valence-electron chi connectivity index (χ1n) is 9.88. The molecule has 5 nitrogen and oxygen atoms in total. The van der Waals surface area contributed by atoms with Crippen LogP contribution in [0.15, 0.2) is 72.9 Å². The summed E-state index contributed by atoms with van der Waals surface area (Å²) in [6, 6.07) is 20.3. The zero-order valence-corrected chi connectivity index (χ0v) is 17.2. The first kappa shape index (κ1) is 19.1. The monoisotopic (exact) mass is 413 g/mol. The van der Waals surface area contributed by atoms with E-state index in [1.807, 2.05) is 54.7 Å². The number of hydrogen-bond donors (Lipinski definition) is 0. The molecule has 5 rings (SSSR count). The second-order valence-electron chi connectivity index (χ2n) is 7.31. The van der Waals surface area contributed by atoms with Crippen LogP contribution in [0.25, 0.3) is 33.4 Å². The van der Waals surface area contributed by atoms with Crippen molar-refractivity contribution in [3.8, 4) is 34.0 Å². The molecule has 0 fully saturated rings. The number of benzene rings is 3. The van der Waals surface area contributed by atoms with Crippen LogP contribution in [0, 0.1) is 5.82 Å². The van der Waals surface area contributed by atoms with Gasteiger partial charge in [0.25, 0.3) is 0 Å². The highest BCUT2D eigenvalue weighted by Gasteiger charge is 2.21. The number of fused-ring (bicyclic) bond motifs is 3. The lowest BCUT2D eigenvalue weighted by atomic mass is 10.0. The van der Waals surface area contributed by atoms with Crippen molar-refractivity contribution < 1.29 is 13.9 Å². The highest BCUT2D eigenvalue weighted by molar-refractivity contribution is 5.98. The van der Waals surface area contributed by atoms with Crippen molar-refractivity contribution in [3.05, 3.63) is 84.3 Å². The Morgan fingerprint density at radius 2 is 1.58 bits per heavy atom. The molecule has 0 aliphatic carbocycles. The van der Waals surface area contributed by atoms with Gasteiger partial charge in [0.05, 0.1) is 19.7 Å². The highest BCUT2D eigenvalue weighted by atomic mass is 19.1. The third kappa shape index (κ3) is 3.46. The second kappa shape index (κ2) is 7.72. The fourth-order valence-electron chi connectivity index (χ4n) is 3.87. The van der Waals surface area contributed by atoms with Crippen molar-refractivity contribution in [2.45, 2.75) is 6.54 Å². The van der Waals surface area contributed by atoms with Gasteiger partial charge in [0.2, 0.25) is 0 Å². The van der Waals surface area contributed by atoms with E-state index in [-0.39, 0.29) is 5.82 Å². The van der Waals surface area contributed by atoms with Gasteiger partial charge < -0.3 is 14.0 Å². The maximum atomic E-state index is 13.8. The average molecular weight is 413 g/mol. The van der Waals surface area contributed by atoms with Gasteiger partial charge in [0.15, 0.2) is 0 Å². The van der Waals surface area contributed by atoms with Crippen LogP contribution in [0.1, 0.15) is 5.56 Å². The molecule has 2 heterocycles. The second-order valence-corrected chi connectivity index (χ2v) is 7.31. The number of halogens is 1. The molecule has 2 aliphatic heterocycles. The Morgan fingerprint density at radius 1 is 0.839 bits per heavy atom. The van der Waals surface area contributed by atoms with E-state index >= 15 is 0 Å². The molecule has 0 atom stereocenters. The van der Waals surface area contributed by atoms with E-state index in [2.05, 4.69) is 14.8 Å². The SMILES string of the molecule is COc1ccc(-c2nnc3c4cc(OC)ccc4n(Cc4cccc(F)c4)cc2-3)cc1. The Kier molecular flexibility index (Phi) is 4.75. The van der Waals surface area contributed by atoms with Crippen molar-refractivity contribution in [1.82, 2.24) is 14.8 Å². The fraction of sp³-hybridized carbons (Fsp3) is 0.120. The highest BCUT2D eigenvalue weighted by Crippen LogP contribution is 2.38. The summed E-state index contributed by atoms with van der Waals surface area (Å²) in [6.07, 6.45) is 2.04. The van der Waals surface area contributed by atoms with E-state index in [1.165, 1.54) is 6.07 Å². The predicted molar refractivity (Wildman–Crippen MR) is 118 cm³/mol. The Morgan fingerprint density at radius 3 is 2.32 bits per heavy atom. The maximum Gasteiger partial charge on any atom is 0.123 e. The van der Waals surface area contributed by atoms with Crippen LogP contribution < -0.4 is 9.47 Å². The number of rotatable bonds is 5. The quantitative estimate of drug-likeness (QED) is 0.387. The summed E-state index contributed by atoms with van der Waals surface area (Å²) < 4.78 is 26.6. The summed E-state index contributed by atoms with van der Waals surface area (Å²) in [6.45, 7) is 0.518. The molecule has 0 aromatic heterocycles.